The van der Waals surface area contributed by atoms with Gasteiger partial charge in [0.2, 0.25) is 0 Å². The Morgan fingerprint density at radius 3 is 1.76 bits per heavy atom. The number of halogens is 1. The molecule has 1 spiro atoms. The summed E-state index contributed by atoms with van der Waals surface area (Å²) in [6.07, 6.45) is 0. The van der Waals surface area contributed by atoms with E-state index in [0.717, 1.165) is 49.9 Å². The number of nitrogens with zero attached hydrogens (tertiary/aromatic N) is 2. The van der Waals surface area contributed by atoms with Crippen LogP contribution in [0.4, 0.5) is 17.1 Å². The molecule has 0 N–H and O–H groups in total. The van der Waals surface area contributed by atoms with Crippen molar-refractivity contribution in [2.75, 3.05) is 4.90 Å². The second-order valence-corrected chi connectivity index (χ2v) is 21.5. The first-order valence-electron chi connectivity index (χ1n) is 24.4. The van der Waals surface area contributed by atoms with E-state index >= 15 is 0 Å². The predicted octanol–water partition coefficient (Wildman–Crippen LogP) is 19.4. The van der Waals surface area contributed by atoms with Crippen LogP contribution in [0.3, 0.4) is 0 Å². The fourth-order valence-electron chi connectivity index (χ4n) is 12.1. The summed E-state index contributed by atoms with van der Waals surface area (Å²) in [5.74, 6) is 0. The highest BCUT2D eigenvalue weighted by Gasteiger charge is 2.50. The van der Waals surface area contributed by atoms with Crippen LogP contribution in [-0.4, -0.2) is 4.57 Å². The van der Waals surface area contributed by atoms with Crippen LogP contribution in [0, 0.1) is 0 Å². The van der Waals surface area contributed by atoms with Crippen molar-refractivity contribution in [1.82, 2.24) is 4.57 Å². The largest absolute Gasteiger partial charge is 0.310 e. The van der Waals surface area contributed by atoms with Gasteiger partial charge < -0.3 is 9.47 Å². The van der Waals surface area contributed by atoms with Gasteiger partial charge in [0.25, 0.3) is 0 Å². The molecular weight excluding hydrogens is 932 g/mol. The normalized spacial score (nSPS) is 13.1. The zero-order valence-corrected chi connectivity index (χ0v) is 41.1. The van der Waals surface area contributed by atoms with Crippen LogP contribution >= 0.6 is 34.7 Å². The fourth-order valence-corrected chi connectivity index (χ4v) is 14.6. The minimum Gasteiger partial charge on any atom is -0.310 e. The zero-order chi connectivity index (χ0) is 47.5. The summed E-state index contributed by atoms with van der Waals surface area (Å²) in [5, 5.41) is 5.68. The molecular formula is C67H41ClN2S2. The summed E-state index contributed by atoms with van der Waals surface area (Å²) >= 11 is 10.7. The molecule has 338 valence electrons. The molecule has 0 radical (unpaired) electrons. The van der Waals surface area contributed by atoms with Crippen LogP contribution in [0.15, 0.2) is 259 Å². The third-order valence-electron chi connectivity index (χ3n) is 15.1. The molecule has 0 bridgehead atoms. The molecule has 1 aliphatic heterocycles. The first kappa shape index (κ1) is 41.6. The van der Waals surface area contributed by atoms with Crippen LogP contribution in [0.1, 0.15) is 22.3 Å². The average molecular weight is 974 g/mol. The minimum atomic E-state index is -0.470. The molecule has 0 fully saturated rings. The molecule has 11 aromatic carbocycles. The molecule has 2 aliphatic rings. The lowest BCUT2D eigenvalue weighted by atomic mass is 9.67. The molecule has 0 amide bonds. The van der Waals surface area contributed by atoms with Crippen LogP contribution in [0.5, 0.6) is 0 Å². The van der Waals surface area contributed by atoms with E-state index in [2.05, 4.69) is 258 Å². The van der Waals surface area contributed by atoms with Gasteiger partial charge in [-0.1, -0.05) is 169 Å². The number of thiophene rings is 1. The molecule has 0 unspecified atom stereocenters. The number of rotatable bonds is 6. The van der Waals surface area contributed by atoms with Crippen molar-refractivity contribution in [3.8, 4) is 39.1 Å². The standard InChI is InChI=1S/C67H41ClN2S2/c68-45-30-33-55-51(40-45)50-38-43(28-32-54(50)67(55)56-23-11-14-26-62(56)72-63-27-15-12-24-57(63)67)44-29-34-58-52(39-44)53-41-48(31-35-59(53)70(58)47-20-8-3-9-21-47)69(46-18-6-2-7-19-46)60-36-37-64-66(49-22-10-13-25-61(49)71-64)65(60)42-16-4-1-5-17-42/h1-41H. The summed E-state index contributed by atoms with van der Waals surface area (Å²) in [7, 11) is 0. The van der Waals surface area contributed by atoms with Crippen molar-refractivity contribution in [2.24, 2.45) is 0 Å². The van der Waals surface area contributed by atoms with E-state index in [0.29, 0.717) is 0 Å². The second-order valence-electron chi connectivity index (χ2n) is 18.9. The average Bonchev–Trinajstić information content (AvgIpc) is 4.07. The molecule has 1 aliphatic carbocycles. The minimum absolute atomic E-state index is 0.470. The molecule has 0 saturated heterocycles. The third kappa shape index (κ3) is 6.10. The predicted molar refractivity (Wildman–Crippen MR) is 306 cm³/mol. The number of fused-ring (bicyclic) bond motifs is 15. The Bertz CT molecular complexity index is 4280. The molecule has 72 heavy (non-hydrogen) atoms. The molecule has 5 heteroatoms. The molecule has 15 rings (SSSR count). The summed E-state index contributed by atoms with van der Waals surface area (Å²) in [5.41, 5.74) is 18.6. The van der Waals surface area contributed by atoms with Gasteiger partial charge in [0.15, 0.2) is 0 Å². The lowest BCUT2D eigenvalue weighted by Gasteiger charge is -2.39. The Balaban J connectivity index is 0.959. The molecule has 0 saturated carbocycles. The number of aromatic nitrogens is 1. The second kappa shape index (κ2) is 16.2. The highest BCUT2D eigenvalue weighted by Crippen LogP contribution is 2.63. The number of anilines is 3. The Morgan fingerprint density at radius 2 is 1.00 bits per heavy atom. The quantitative estimate of drug-likeness (QED) is 0.164. The summed E-state index contributed by atoms with van der Waals surface area (Å²) in [6.45, 7) is 0. The van der Waals surface area contributed by atoms with Gasteiger partial charge >= 0.3 is 0 Å². The smallest absolute Gasteiger partial charge is 0.0735 e. The van der Waals surface area contributed by atoms with Gasteiger partial charge in [-0.2, -0.15) is 0 Å². The summed E-state index contributed by atoms with van der Waals surface area (Å²) in [4.78, 5) is 5.04. The Morgan fingerprint density at radius 1 is 0.403 bits per heavy atom. The van der Waals surface area contributed by atoms with E-state index in [9.17, 15) is 0 Å². The van der Waals surface area contributed by atoms with E-state index in [1.165, 1.54) is 85.2 Å². The van der Waals surface area contributed by atoms with E-state index in [-0.39, 0.29) is 0 Å². The lowest BCUT2D eigenvalue weighted by molar-refractivity contribution is 0.722. The first-order chi connectivity index (χ1) is 35.6. The highest BCUT2D eigenvalue weighted by atomic mass is 35.5. The Labute approximate surface area is 430 Å². The SMILES string of the molecule is Clc1ccc2c(c1)-c1cc(-c3ccc4c(c3)c3cc(N(c5ccccc5)c5ccc6sc7ccccc7c6c5-c5ccccc5)ccc3n4-c3ccccc3)ccc1C21c2ccccc2Sc2ccccc21. The van der Waals surface area contributed by atoms with Gasteiger partial charge in [-0.15, -0.1) is 11.3 Å². The number of hydrogen-bond donors (Lipinski definition) is 0. The van der Waals surface area contributed by atoms with E-state index in [4.69, 9.17) is 11.6 Å². The number of benzene rings is 11. The van der Waals surface area contributed by atoms with Crippen molar-refractivity contribution in [1.29, 1.82) is 0 Å². The number of para-hydroxylation sites is 2. The molecule has 3 heterocycles. The molecule has 2 nitrogen and oxygen atoms in total. The van der Waals surface area contributed by atoms with Crippen molar-refractivity contribution in [3.05, 3.63) is 276 Å². The van der Waals surface area contributed by atoms with Crippen molar-refractivity contribution >= 4 is 93.7 Å². The summed E-state index contributed by atoms with van der Waals surface area (Å²) in [6, 6.07) is 91.7. The van der Waals surface area contributed by atoms with Gasteiger partial charge in [0.05, 0.1) is 22.1 Å². The van der Waals surface area contributed by atoms with Crippen LogP contribution in [0.2, 0.25) is 5.02 Å². The monoisotopic (exact) mass is 972 g/mol. The topological polar surface area (TPSA) is 8.17 Å². The van der Waals surface area contributed by atoms with Gasteiger partial charge in [-0.3, -0.25) is 0 Å². The number of hydrogen-bond acceptors (Lipinski definition) is 3. The van der Waals surface area contributed by atoms with E-state index in [1.54, 1.807) is 0 Å². The zero-order valence-electron chi connectivity index (χ0n) is 38.8. The molecule has 2 aromatic heterocycles. The van der Waals surface area contributed by atoms with Crippen LogP contribution in [-0.2, 0) is 5.41 Å². The van der Waals surface area contributed by atoms with Gasteiger partial charge in [0.1, 0.15) is 0 Å². The highest BCUT2D eigenvalue weighted by molar-refractivity contribution is 7.99. The maximum Gasteiger partial charge on any atom is 0.0735 e. The Kier molecular flexibility index (Phi) is 9.37. The fraction of sp³-hybridized carbons (Fsp3) is 0.0149. The Hall–Kier alpha value is -8.12. The van der Waals surface area contributed by atoms with Crippen molar-refractivity contribution in [3.63, 3.8) is 0 Å². The maximum absolute atomic E-state index is 6.94. The van der Waals surface area contributed by atoms with E-state index in [1.807, 2.05) is 23.1 Å². The molecule has 13 aromatic rings. The van der Waals surface area contributed by atoms with Gasteiger partial charge in [0, 0.05) is 68.4 Å². The third-order valence-corrected chi connectivity index (χ3v) is 17.6. The van der Waals surface area contributed by atoms with Crippen LogP contribution in [0.25, 0.3) is 81.0 Å². The van der Waals surface area contributed by atoms with Crippen LogP contribution < -0.4 is 4.90 Å². The maximum atomic E-state index is 6.94. The summed E-state index contributed by atoms with van der Waals surface area (Å²) < 4.78 is 4.99. The first-order valence-corrected chi connectivity index (χ1v) is 26.4. The van der Waals surface area contributed by atoms with Gasteiger partial charge in [-0.25, -0.2) is 0 Å². The van der Waals surface area contributed by atoms with E-state index < -0.39 is 5.41 Å². The van der Waals surface area contributed by atoms with Crippen molar-refractivity contribution < 1.29 is 0 Å². The van der Waals surface area contributed by atoms with Crippen molar-refractivity contribution in [2.45, 2.75) is 15.2 Å². The molecule has 0 atom stereocenters. The van der Waals surface area contributed by atoms with Gasteiger partial charge in [-0.05, 0) is 153 Å². The lowest BCUT2D eigenvalue weighted by Crippen LogP contribution is -2.31.